The molecule has 3 rings (SSSR count). The molecule has 10 heteroatoms. The molecule has 0 aliphatic heterocycles. The van der Waals surface area contributed by atoms with Gasteiger partial charge in [-0.15, -0.1) is 0 Å². The minimum atomic E-state index is -0.428. The number of ether oxygens (including phenoxy) is 2. The summed E-state index contributed by atoms with van der Waals surface area (Å²) < 4.78 is 14.2. The highest BCUT2D eigenvalue weighted by Gasteiger charge is 2.13. The number of phenolic OH excluding ortho intramolecular Hbond substituents is 1. The molecular weight excluding hydrogens is 688 g/mol. The Morgan fingerprint density at radius 2 is 1.61 bits per heavy atom. The number of halogens is 4. The predicted octanol–water partition coefficient (Wildman–Crippen LogP) is 7.18. The molecule has 0 bridgehead atoms. The van der Waals surface area contributed by atoms with Crippen LogP contribution < -0.4 is 14.9 Å². The lowest BCUT2D eigenvalue weighted by Gasteiger charge is -2.14. The van der Waals surface area contributed by atoms with Gasteiger partial charge in [-0.25, -0.2) is 5.43 Å². The molecule has 2 N–H and O–H groups in total. The Labute approximate surface area is 224 Å². The van der Waals surface area contributed by atoms with Gasteiger partial charge in [0.15, 0.2) is 11.5 Å². The highest BCUT2D eigenvalue weighted by atomic mass is 79.9. The first kappa shape index (κ1) is 25.7. The number of nitrogens with zero attached hydrogens (tertiary/aromatic N) is 1. The number of hydrogen-bond donors (Lipinski definition) is 2. The molecule has 0 fully saturated rings. The first-order valence-corrected chi connectivity index (χ1v) is 12.8. The van der Waals surface area contributed by atoms with Gasteiger partial charge in [0.1, 0.15) is 12.4 Å². The van der Waals surface area contributed by atoms with Crippen molar-refractivity contribution in [1.82, 2.24) is 5.43 Å². The largest absolute Gasteiger partial charge is 0.506 e. The summed E-state index contributed by atoms with van der Waals surface area (Å²) in [4.78, 5) is 12.4. The van der Waals surface area contributed by atoms with Gasteiger partial charge in [-0.05, 0) is 96.7 Å². The lowest BCUT2D eigenvalue weighted by atomic mass is 10.2. The van der Waals surface area contributed by atoms with E-state index in [2.05, 4.69) is 74.2 Å². The quantitative estimate of drug-likeness (QED) is 0.192. The third-order valence-electron chi connectivity index (χ3n) is 4.32. The summed E-state index contributed by atoms with van der Waals surface area (Å²) in [5.41, 5.74) is 4.53. The van der Waals surface area contributed by atoms with Gasteiger partial charge < -0.3 is 14.6 Å². The third kappa shape index (κ3) is 7.05. The van der Waals surface area contributed by atoms with E-state index in [9.17, 15) is 9.90 Å². The van der Waals surface area contributed by atoms with Crippen LogP contribution in [0.4, 0.5) is 0 Å². The van der Waals surface area contributed by atoms with E-state index >= 15 is 0 Å². The molecule has 0 unspecified atom stereocenters. The van der Waals surface area contributed by atoms with Crippen molar-refractivity contribution >= 4 is 75.8 Å². The van der Waals surface area contributed by atoms with Crippen molar-refractivity contribution in [3.05, 3.63) is 83.1 Å². The first-order valence-electron chi connectivity index (χ1n) is 9.63. The van der Waals surface area contributed by atoms with Crippen molar-refractivity contribution in [2.75, 3.05) is 6.61 Å². The van der Waals surface area contributed by atoms with Gasteiger partial charge in [0.2, 0.25) is 0 Å². The minimum absolute atomic E-state index is 0.0184. The Balaban J connectivity index is 1.73. The number of rotatable bonds is 8. The zero-order valence-electron chi connectivity index (χ0n) is 17.2. The van der Waals surface area contributed by atoms with E-state index in [0.29, 0.717) is 44.8 Å². The zero-order valence-corrected chi connectivity index (χ0v) is 23.6. The number of aromatic hydroxyl groups is 1. The summed E-state index contributed by atoms with van der Waals surface area (Å²) in [5, 5.41) is 13.8. The van der Waals surface area contributed by atoms with Gasteiger partial charge in [0.25, 0.3) is 5.91 Å². The predicted molar refractivity (Wildman–Crippen MR) is 142 cm³/mol. The highest BCUT2D eigenvalue weighted by molar-refractivity contribution is 9.11. The number of carbonyl (C=O) groups is 1. The number of hydrazone groups is 1. The lowest BCUT2D eigenvalue weighted by Crippen LogP contribution is -2.17. The van der Waals surface area contributed by atoms with Crippen LogP contribution in [0, 0.1) is 0 Å². The fraction of sp³-hybridized carbons (Fsp3) is 0.130. The first-order chi connectivity index (χ1) is 15.8. The molecule has 6 nitrogen and oxygen atoms in total. The molecule has 3 aromatic rings. The Hall–Kier alpha value is -1.88. The molecule has 0 aromatic heterocycles. The van der Waals surface area contributed by atoms with Crippen LogP contribution in [-0.4, -0.2) is 23.8 Å². The van der Waals surface area contributed by atoms with Gasteiger partial charge >= 0.3 is 0 Å². The molecule has 1 amide bonds. The summed E-state index contributed by atoms with van der Waals surface area (Å²) in [6.45, 7) is 2.75. The Morgan fingerprint density at radius 1 is 0.970 bits per heavy atom. The molecule has 0 heterocycles. The van der Waals surface area contributed by atoms with Crippen LogP contribution in [0.1, 0.15) is 28.4 Å². The van der Waals surface area contributed by atoms with Gasteiger partial charge in [-0.2, -0.15) is 5.10 Å². The highest BCUT2D eigenvalue weighted by Crippen LogP contribution is 2.34. The monoisotopic (exact) mass is 702 g/mol. The summed E-state index contributed by atoms with van der Waals surface area (Å²) in [5.74, 6) is 0.747. The topological polar surface area (TPSA) is 80.2 Å². The average molecular weight is 706 g/mol. The molecule has 0 aliphatic carbocycles. The molecule has 0 saturated carbocycles. The van der Waals surface area contributed by atoms with Crippen LogP contribution in [0.2, 0.25) is 0 Å². The molecule has 0 spiro atoms. The Kier molecular flexibility index (Phi) is 9.37. The average Bonchev–Trinajstić information content (AvgIpc) is 2.79. The van der Waals surface area contributed by atoms with Crippen LogP contribution in [0.15, 0.2) is 71.5 Å². The SMILES string of the molecule is CCOc1cc(/C=N\NC(=O)c2cc(Br)c(O)c(Br)c2)c(Br)cc1OCc1ccc(Br)cc1. The Morgan fingerprint density at radius 3 is 2.24 bits per heavy atom. The molecule has 0 radical (unpaired) electrons. The molecule has 0 aliphatic rings. The number of carbonyl (C=O) groups excluding carboxylic acids is 1. The van der Waals surface area contributed by atoms with Crippen LogP contribution in [0.5, 0.6) is 17.2 Å². The minimum Gasteiger partial charge on any atom is -0.506 e. The van der Waals surface area contributed by atoms with Crippen molar-refractivity contribution < 1.29 is 19.4 Å². The molecule has 172 valence electrons. The van der Waals surface area contributed by atoms with E-state index < -0.39 is 5.91 Å². The number of amides is 1. The fourth-order valence-electron chi connectivity index (χ4n) is 2.69. The standard InChI is InChI=1S/C23H18Br4N2O4/c1-2-32-20-9-15(11-28-29-23(31)14-7-18(26)22(30)19(27)8-14)17(25)10-21(20)33-12-13-3-5-16(24)6-4-13/h3-11,30H,2,12H2,1H3,(H,29,31)/b28-11-. The second-order valence-electron chi connectivity index (χ2n) is 6.66. The molecule has 0 atom stereocenters. The lowest BCUT2D eigenvalue weighted by molar-refractivity contribution is 0.0955. The van der Waals surface area contributed by atoms with Crippen molar-refractivity contribution in [1.29, 1.82) is 0 Å². The van der Waals surface area contributed by atoms with Gasteiger partial charge in [0.05, 0.1) is 21.8 Å². The smallest absolute Gasteiger partial charge is 0.271 e. The molecule has 33 heavy (non-hydrogen) atoms. The van der Waals surface area contributed by atoms with E-state index in [1.165, 1.54) is 18.3 Å². The van der Waals surface area contributed by atoms with Gasteiger partial charge in [-0.1, -0.05) is 28.1 Å². The number of phenols is 1. The second-order valence-corrected chi connectivity index (χ2v) is 10.1. The van der Waals surface area contributed by atoms with Crippen LogP contribution >= 0.6 is 63.7 Å². The summed E-state index contributed by atoms with van der Waals surface area (Å²) >= 11 is 13.4. The van der Waals surface area contributed by atoms with E-state index in [4.69, 9.17) is 9.47 Å². The number of hydrogen-bond acceptors (Lipinski definition) is 5. The maximum Gasteiger partial charge on any atom is 0.271 e. The second kappa shape index (κ2) is 12.0. The van der Waals surface area contributed by atoms with Crippen LogP contribution in [-0.2, 0) is 6.61 Å². The summed E-state index contributed by atoms with van der Waals surface area (Å²) in [7, 11) is 0. The van der Waals surface area contributed by atoms with Crippen molar-refractivity contribution in [3.63, 3.8) is 0 Å². The zero-order chi connectivity index (χ0) is 24.0. The Bertz CT molecular complexity index is 1160. The maximum absolute atomic E-state index is 12.4. The maximum atomic E-state index is 12.4. The van der Waals surface area contributed by atoms with Crippen molar-refractivity contribution in [2.45, 2.75) is 13.5 Å². The van der Waals surface area contributed by atoms with E-state index in [0.717, 1.165) is 14.5 Å². The number of nitrogens with one attached hydrogen (secondary N) is 1. The van der Waals surface area contributed by atoms with Crippen molar-refractivity contribution in [3.8, 4) is 17.2 Å². The van der Waals surface area contributed by atoms with E-state index in [1.54, 1.807) is 12.1 Å². The molecule has 0 saturated heterocycles. The van der Waals surface area contributed by atoms with Gasteiger partial charge in [0, 0.05) is 20.1 Å². The van der Waals surface area contributed by atoms with Crippen LogP contribution in [0.25, 0.3) is 0 Å². The normalized spacial score (nSPS) is 10.9. The third-order valence-corrected chi connectivity index (χ3v) is 6.74. The summed E-state index contributed by atoms with van der Waals surface area (Å²) in [6, 6.07) is 14.5. The van der Waals surface area contributed by atoms with Crippen molar-refractivity contribution in [2.24, 2.45) is 5.10 Å². The van der Waals surface area contributed by atoms with Crippen LogP contribution in [0.3, 0.4) is 0 Å². The van der Waals surface area contributed by atoms with E-state index in [1.807, 2.05) is 31.2 Å². The fourth-order valence-corrected chi connectivity index (χ4v) is 4.57. The number of benzene rings is 3. The summed E-state index contributed by atoms with van der Waals surface area (Å²) in [6.07, 6.45) is 1.51. The molecular formula is C23H18Br4N2O4. The van der Waals surface area contributed by atoms with E-state index in [-0.39, 0.29) is 5.75 Å². The van der Waals surface area contributed by atoms with Gasteiger partial charge in [-0.3, -0.25) is 4.79 Å². The molecule has 3 aromatic carbocycles.